The summed E-state index contributed by atoms with van der Waals surface area (Å²) < 4.78 is 84.3. The molecule has 0 fully saturated rings. The molecule has 3 rings (SSSR count). The maximum Gasteiger partial charge on any atom is 0.416 e. The molecule has 3 aromatic rings. The van der Waals surface area contributed by atoms with Gasteiger partial charge in [-0.05, 0) is 29.8 Å². The molecule has 0 N–H and O–H groups in total. The molecule has 9 heteroatoms. The molecule has 27 heavy (non-hydrogen) atoms. The van der Waals surface area contributed by atoms with Crippen molar-refractivity contribution < 1.29 is 31.1 Å². The maximum atomic E-state index is 13.1. The third-order valence-corrected chi connectivity index (χ3v) is 3.88. The summed E-state index contributed by atoms with van der Waals surface area (Å²) in [6.07, 6.45) is -9.18. The number of nitrogens with zero attached hydrogens (tertiary/aromatic N) is 2. The molecule has 0 aliphatic carbocycles. The molecule has 142 valence electrons. The number of rotatable bonds is 4. The summed E-state index contributed by atoms with van der Waals surface area (Å²) in [5.41, 5.74) is -2.95. The van der Waals surface area contributed by atoms with Gasteiger partial charge in [0.2, 0.25) is 5.88 Å². The van der Waals surface area contributed by atoms with Gasteiger partial charge in [0.05, 0.1) is 28.6 Å². The summed E-state index contributed by atoms with van der Waals surface area (Å²) in [6.45, 7) is -0.406. The van der Waals surface area contributed by atoms with Crippen molar-refractivity contribution >= 4 is 10.9 Å². The van der Waals surface area contributed by atoms with Crippen LogP contribution < -0.4 is 4.74 Å². The van der Waals surface area contributed by atoms with Gasteiger partial charge in [-0.3, -0.25) is 0 Å². The number of hydrogen-bond donors (Lipinski definition) is 0. The lowest BCUT2D eigenvalue weighted by Crippen LogP contribution is -2.18. The molecule has 0 aliphatic rings. The van der Waals surface area contributed by atoms with Crippen LogP contribution in [0.3, 0.4) is 0 Å². The van der Waals surface area contributed by atoms with Gasteiger partial charge in [-0.1, -0.05) is 18.2 Å². The minimum absolute atomic E-state index is 0.0960. The Balaban J connectivity index is 1.89. The van der Waals surface area contributed by atoms with Crippen LogP contribution in [-0.4, -0.2) is 16.6 Å². The zero-order valence-corrected chi connectivity index (χ0v) is 13.6. The number of aromatic nitrogens is 2. The van der Waals surface area contributed by atoms with Gasteiger partial charge in [0, 0.05) is 6.42 Å². The van der Waals surface area contributed by atoms with Crippen LogP contribution >= 0.6 is 0 Å². The highest BCUT2D eigenvalue weighted by Crippen LogP contribution is 2.39. The van der Waals surface area contributed by atoms with Crippen molar-refractivity contribution in [3.63, 3.8) is 0 Å². The highest BCUT2D eigenvalue weighted by molar-refractivity contribution is 5.82. The van der Waals surface area contributed by atoms with E-state index in [0.717, 1.165) is 6.07 Å². The molecule has 0 radical (unpaired) electrons. The molecule has 0 atom stereocenters. The fourth-order valence-corrected chi connectivity index (χ4v) is 2.73. The molecule has 1 aromatic heterocycles. The van der Waals surface area contributed by atoms with E-state index in [1.54, 1.807) is 24.3 Å². The molecule has 2 aromatic carbocycles. The molecule has 0 unspecified atom stereocenters. The fraction of sp³-hybridized carbons (Fsp3) is 0.222. The van der Waals surface area contributed by atoms with Crippen molar-refractivity contribution in [3.8, 4) is 5.88 Å². The molecule has 0 saturated heterocycles. The van der Waals surface area contributed by atoms with Gasteiger partial charge in [0.15, 0.2) is 0 Å². The van der Waals surface area contributed by atoms with E-state index in [4.69, 9.17) is 4.74 Å². The van der Waals surface area contributed by atoms with Crippen LogP contribution in [0.1, 0.15) is 16.7 Å². The van der Waals surface area contributed by atoms with Crippen molar-refractivity contribution in [2.45, 2.75) is 18.8 Å². The largest absolute Gasteiger partial charge is 0.477 e. The Bertz CT molecular complexity index is 915. The van der Waals surface area contributed by atoms with Gasteiger partial charge in [0.25, 0.3) is 0 Å². The van der Waals surface area contributed by atoms with Crippen molar-refractivity contribution in [1.29, 1.82) is 0 Å². The molecule has 1 heterocycles. The summed E-state index contributed by atoms with van der Waals surface area (Å²) in [6, 6.07) is 8.76. The highest BCUT2D eigenvalue weighted by Gasteiger charge is 2.40. The number of fused-ring (bicyclic) bond motifs is 1. The number of hydrogen-bond acceptors (Lipinski definition) is 3. The molecule has 0 aliphatic heterocycles. The Kier molecular flexibility index (Phi) is 4.95. The van der Waals surface area contributed by atoms with E-state index in [2.05, 4.69) is 9.97 Å². The number of alkyl halides is 6. The Labute approximate surface area is 149 Å². The molecule has 0 saturated carbocycles. The second-order valence-electron chi connectivity index (χ2n) is 5.62. The van der Waals surface area contributed by atoms with Crippen molar-refractivity contribution in [2.75, 3.05) is 6.61 Å². The van der Waals surface area contributed by atoms with E-state index in [-0.39, 0.29) is 5.88 Å². The number of benzene rings is 2. The predicted molar refractivity (Wildman–Crippen MR) is 85.2 cm³/mol. The summed E-state index contributed by atoms with van der Waals surface area (Å²) in [5, 5.41) is 0.514. The van der Waals surface area contributed by atoms with E-state index in [9.17, 15) is 26.3 Å². The first-order valence-electron chi connectivity index (χ1n) is 7.77. The van der Waals surface area contributed by atoms with E-state index >= 15 is 0 Å². The van der Waals surface area contributed by atoms with Gasteiger partial charge >= 0.3 is 12.4 Å². The number of para-hydroxylation sites is 1. The lowest BCUT2D eigenvalue weighted by atomic mass is 9.97. The third-order valence-electron chi connectivity index (χ3n) is 3.88. The third kappa shape index (κ3) is 4.12. The number of ether oxygens (including phenoxy) is 1. The second-order valence-corrected chi connectivity index (χ2v) is 5.62. The lowest BCUT2D eigenvalue weighted by Gasteiger charge is -2.18. The van der Waals surface area contributed by atoms with Crippen LogP contribution in [0.25, 0.3) is 10.9 Å². The van der Waals surface area contributed by atoms with Crippen LogP contribution in [0.5, 0.6) is 5.88 Å². The van der Waals surface area contributed by atoms with E-state index < -0.39 is 42.1 Å². The Morgan fingerprint density at radius 2 is 1.41 bits per heavy atom. The number of halogens is 6. The quantitative estimate of drug-likeness (QED) is 0.572. The molecule has 0 amide bonds. The average Bonchev–Trinajstić information content (AvgIpc) is 2.60. The minimum Gasteiger partial charge on any atom is -0.477 e. The standard InChI is InChI=1S/C18H12F6N2O/c19-17(20,21)13-5-3-6-14(18(22,23)24)11(13)8-9-27-16-12-4-1-2-7-15(12)25-10-26-16/h1-7,10H,8-9H2. The van der Waals surface area contributed by atoms with E-state index in [1.165, 1.54) is 6.33 Å². The monoisotopic (exact) mass is 386 g/mol. The Morgan fingerprint density at radius 1 is 0.778 bits per heavy atom. The van der Waals surface area contributed by atoms with Crippen LogP contribution in [0.2, 0.25) is 0 Å². The fourth-order valence-electron chi connectivity index (χ4n) is 2.73. The highest BCUT2D eigenvalue weighted by atomic mass is 19.4. The van der Waals surface area contributed by atoms with Crippen LogP contribution in [-0.2, 0) is 18.8 Å². The van der Waals surface area contributed by atoms with Gasteiger partial charge in [-0.15, -0.1) is 0 Å². The smallest absolute Gasteiger partial charge is 0.416 e. The topological polar surface area (TPSA) is 35.0 Å². The molecular formula is C18H12F6N2O. The zero-order chi connectivity index (χ0) is 19.7. The maximum absolute atomic E-state index is 13.1. The van der Waals surface area contributed by atoms with Gasteiger partial charge < -0.3 is 4.74 Å². The summed E-state index contributed by atoms with van der Waals surface area (Å²) >= 11 is 0. The Hall–Kier alpha value is -2.84. The predicted octanol–water partition coefficient (Wildman–Crippen LogP) is 5.29. The lowest BCUT2D eigenvalue weighted by molar-refractivity contribution is -0.144. The molecule has 3 nitrogen and oxygen atoms in total. The summed E-state index contributed by atoms with van der Waals surface area (Å²) in [4.78, 5) is 7.91. The molecule has 0 spiro atoms. The van der Waals surface area contributed by atoms with E-state index in [1.807, 2.05) is 0 Å². The first-order valence-corrected chi connectivity index (χ1v) is 7.77. The van der Waals surface area contributed by atoms with Crippen molar-refractivity contribution in [3.05, 3.63) is 65.5 Å². The van der Waals surface area contributed by atoms with Gasteiger partial charge in [-0.25, -0.2) is 9.97 Å². The SMILES string of the molecule is FC(F)(F)c1cccc(C(F)(F)F)c1CCOc1ncnc2ccccc12. The second kappa shape index (κ2) is 7.05. The van der Waals surface area contributed by atoms with Gasteiger partial charge in [0.1, 0.15) is 6.33 Å². The van der Waals surface area contributed by atoms with Gasteiger partial charge in [-0.2, -0.15) is 26.3 Å². The van der Waals surface area contributed by atoms with Crippen molar-refractivity contribution in [2.24, 2.45) is 0 Å². The average molecular weight is 386 g/mol. The minimum atomic E-state index is -4.90. The van der Waals surface area contributed by atoms with Crippen molar-refractivity contribution in [1.82, 2.24) is 9.97 Å². The summed E-state index contributed by atoms with van der Waals surface area (Å²) in [5.74, 6) is 0.0960. The normalized spacial score (nSPS) is 12.4. The first-order chi connectivity index (χ1) is 12.7. The van der Waals surface area contributed by atoms with Crippen LogP contribution in [0.15, 0.2) is 48.8 Å². The van der Waals surface area contributed by atoms with E-state index in [0.29, 0.717) is 23.0 Å². The first kappa shape index (κ1) is 18.9. The van der Waals surface area contributed by atoms with Crippen LogP contribution in [0, 0.1) is 0 Å². The molecular weight excluding hydrogens is 374 g/mol. The van der Waals surface area contributed by atoms with Crippen LogP contribution in [0.4, 0.5) is 26.3 Å². The Morgan fingerprint density at radius 3 is 2.04 bits per heavy atom. The zero-order valence-electron chi connectivity index (χ0n) is 13.6. The molecule has 0 bridgehead atoms. The summed E-state index contributed by atoms with van der Waals surface area (Å²) in [7, 11) is 0.